The van der Waals surface area contributed by atoms with Gasteiger partial charge in [0.05, 0.1) is 0 Å². The van der Waals surface area contributed by atoms with Crippen LogP contribution in [-0.4, -0.2) is 59.0 Å². The molecule has 3 amide bonds. The second-order valence-electron chi connectivity index (χ2n) is 10.5. The average molecular weight is 534 g/mol. The van der Waals surface area contributed by atoms with Crippen molar-refractivity contribution < 1.29 is 19.1 Å². The number of hydrogen-bond donors (Lipinski definition) is 2. The van der Waals surface area contributed by atoms with Gasteiger partial charge in [0.1, 0.15) is 17.7 Å². The summed E-state index contributed by atoms with van der Waals surface area (Å²) in [5.74, 6) is 0.135. The zero-order chi connectivity index (χ0) is 28.0. The number of amides is 3. The summed E-state index contributed by atoms with van der Waals surface area (Å²) in [5.41, 5.74) is 0.881. The second kappa shape index (κ2) is 16.4. The van der Waals surface area contributed by atoms with E-state index < -0.39 is 23.8 Å². The lowest BCUT2D eigenvalue weighted by Crippen LogP contribution is -2.54. The smallest absolute Gasteiger partial charge is 0.408 e. The highest BCUT2D eigenvalue weighted by molar-refractivity contribution is 7.98. The quantitative estimate of drug-likeness (QED) is 0.272. The number of nitrogens with one attached hydrogen (secondary N) is 2. The van der Waals surface area contributed by atoms with Gasteiger partial charge in [-0.15, -0.1) is 0 Å². The van der Waals surface area contributed by atoms with Gasteiger partial charge in [-0.3, -0.25) is 9.59 Å². The highest BCUT2D eigenvalue weighted by Gasteiger charge is 2.36. The molecule has 8 heteroatoms. The maximum atomic E-state index is 14.1. The summed E-state index contributed by atoms with van der Waals surface area (Å²) in [5, 5.41) is 5.78. The summed E-state index contributed by atoms with van der Waals surface area (Å²) in [6, 6.07) is 5.78. The molecule has 2 unspecified atom stereocenters. The number of rotatable bonds is 15. The van der Waals surface area contributed by atoms with Gasteiger partial charge in [0.25, 0.3) is 0 Å². The maximum absolute atomic E-state index is 14.1. The first kappa shape index (κ1) is 32.5. The Hall–Kier alpha value is -2.48. The third-order valence-electron chi connectivity index (χ3n) is 5.59. The SMILES string of the molecule is C=Cc1cccc(C(C(=O)NC(C)C)N(CCCCCC)C(=O)C(CCSC)NC(=O)OC(C)(C)C)c1. The van der Waals surface area contributed by atoms with Crippen molar-refractivity contribution in [3.05, 3.63) is 42.0 Å². The molecule has 0 aliphatic carbocycles. The lowest BCUT2D eigenvalue weighted by molar-refractivity contribution is -0.142. The van der Waals surface area contributed by atoms with Crippen LogP contribution in [0, 0.1) is 0 Å². The lowest BCUT2D eigenvalue weighted by Gasteiger charge is -2.35. The molecule has 0 aliphatic heterocycles. The fourth-order valence-corrected chi connectivity index (χ4v) is 4.38. The van der Waals surface area contributed by atoms with Gasteiger partial charge in [0.2, 0.25) is 11.8 Å². The third kappa shape index (κ3) is 12.1. The normalized spacial score (nSPS) is 13.0. The molecule has 2 N–H and O–H groups in total. The van der Waals surface area contributed by atoms with Crippen molar-refractivity contribution in [3.8, 4) is 0 Å². The van der Waals surface area contributed by atoms with Crippen molar-refractivity contribution in [2.24, 2.45) is 0 Å². The van der Waals surface area contributed by atoms with Gasteiger partial charge in [-0.1, -0.05) is 57.0 Å². The zero-order valence-corrected chi connectivity index (χ0v) is 24.6. The van der Waals surface area contributed by atoms with Gasteiger partial charge in [0.15, 0.2) is 0 Å². The summed E-state index contributed by atoms with van der Waals surface area (Å²) in [4.78, 5) is 42.0. The van der Waals surface area contributed by atoms with Crippen molar-refractivity contribution in [2.45, 2.75) is 97.4 Å². The van der Waals surface area contributed by atoms with Crippen molar-refractivity contribution in [1.82, 2.24) is 15.5 Å². The molecule has 1 aromatic carbocycles. The van der Waals surface area contributed by atoms with Crippen LogP contribution in [0.5, 0.6) is 0 Å². The van der Waals surface area contributed by atoms with E-state index in [9.17, 15) is 14.4 Å². The Balaban J connectivity index is 3.49. The second-order valence-corrected chi connectivity index (χ2v) is 11.5. The fraction of sp³-hybridized carbons (Fsp3) is 0.621. The van der Waals surface area contributed by atoms with E-state index in [2.05, 4.69) is 24.1 Å². The standard InChI is InChI=1S/C29H47N3O4S/c1-9-11-12-13-18-32(27(34)24(17-19-37-8)31-28(35)36-29(5,6)7)25(26(33)30-21(3)4)23-16-14-15-22(10-2)20-23/h10,14-16,20-21,24-25H,2,9,11-13,17-19H2,1,3-8H3,(H,30,33)(H,31,35). The Bertz CT molecular complexity index is 882. The number of benzene rings is 1. The molecule has 0 saturated heterocycles. The number of unbranched alkanes of at least 4 members (excludes halogenated alkanes) is 3. The molecular weight excluding hydrogens is 486 g/mol. The lowest BCUT2D eigenvalue weighted by atomic mass is 9.99. The Morgan fingerprint density at radius 2 is 1.84 bits per heavy atom. The molecule has 0 fully saturated rings. The molecule has 7 nitrogen and oxygen atoms in total. The van der Waals surface area contributed by atoms with E-state index in [1.165, 1.54) is 0 Å². The first-order valence-electron chi connectivity index (χ1n) is 13.2. The molecule has 1 rings (SSSR count). The van der Waals surface area contributed by atoms with Crippen LogP contribution < -0.4 is 10.6 Å². The van der Waals surface area contributed by atoms with Crippen LogP contribution in [0.3, 0.4) is 0 Å². The topological polar surface area (TPSA) is 87.7 Å². The minimum Gasteiger partial charge on any atom is -0.444 e. The first-order chi connectivity index (χ1) is 17.4. The van der Waals surface area contributed by atoms with Crippen LogP contribution in [0.25, 0.3) is 6.08 Å². The summed E-state index contributed by atoms with van der Waals surface area (Å²) in [6.45, 7) is 15.5. The summed E-state index contributed by atoms with van der Waals surface area (Å²) >= 11 is 1.59. The molecular formula is C29H47N3O4S. The van der Waals surface area contributed by atoms with Crippen molar-refractivity contribution in [3.63, 3.8) is 0 Å². The highest BCUT2D eigenvalue weighted by atomic mass is 32.2. The molecule has 1 aromatic rings. The number of carbonyl (C=O) groups is 3. The Morgan fingerprint density at radius 1 is 1.14 bits per heavy atom. The molecule has 0 aromatic heterocycles. The predicted molar refractivity (Wildman–Crippen MR) is 155 cm³/mol. The summed E-state index contributed by atoms with van der Waals surface area (Å²) in [7, 11) is 0. The van der Waals surface area contributed by atoms with E-state index >= 15 is 0 Å². The van der Waals surface area contributed by atoms with Crippen LogP contribution in [0.2, 0.25) is 0 Å². The van der Waals surface area contributed by atoms with Gasteiger partial charge in [-0.05, 0) is 76.7 Å². The molecule has 0 spiro atoms. The Morgan fingerprint density at radius 3 is 2.41 bits per heavy atom. The minimum atomic E-state index is -0.839. The molecule has 208 valence electrons. The van der Waals surface area contributed by atoms with Crippen molar-refractivity contribution in [1.29, 1.82) is 0 Å². The van der Waals surface area contributed by atoms with Crippen LogP contribution in [-0.2, 0) is 14.3 Å². The summed E-state index contributed by atoms with van der Waals surface area (Å²) < 4.78 is 5.45. The van der Waals surface area contributed by atoms with Crippen LogP contribution in [0.1, 0.15) is 90.8 Å². The molecule has 0 heterocycles. The predicted octanol–water partition coefficient (Wildman–Crippen LogP) is 5.95. The number of carbonyl (C=O) groups excluding carboxylic acids is 3. The largest absolute Gasteiger partial charge is 0.444 e. The maximum Gasteiger partial charge on any atom is 0.408 e. The van der Waals surface area contributed by atoms with E-state index in [1.807, 2.05) is 44.4 Å². The highest BCUT2D eigenvalue weighted by Crippen LogP contribution is 2.26. The zero-order valence-electron chi connectivity index (χ0n) is 23.8. The van der Waals surface area contributed by atoms with E-state index in [4.69, 9.17) is 4.74 Å². The number of hydrogen-bond acceptors (Lipinski definition) is 5. The molecule has 0 saturated carbocycles. The van der Waals surface area contributed by atoms with Crippen LogP contribution in [0.4, 0.5) is 4.79 Å². The minimum absolute atomic E-state index is 0.0955. The molecule has 0 bridgehead atoms. The monoisotopic (exact) mass is 533 g/mol. The molecule has 2 atom stereocenters. The van der Waals surface area contributed by atoms with Crippen molar-refractivity contribution >= 4 is 35.7 Å². The van der Waals surface area contributed by atoms with E-state index in [-0.39, 0.29) is 17.9 Å². The Kier molecular flexibility index (Phi) is 14.4. The number of nitrogens with zero attached hydrogens (tertiary/aromatic N) is 1. The molecule has 37 heavy (non-hydrogen) atoms. The van der Waals surface area contributed by atoms with Crippen LogP contribution >= 0.6 is 11.8 Å². The van der Waals surface area contributed by atoms with Gasteiger partial charge >= 0.3 is 6.09 Å². The van der Waals surface area contributed by atoms with Gasteiger partial charge < -0.3 is 20.3 Å². The number of ether oxygens (including phenoxy) is 1. The number of alkyl carbamates (subject to hydrolysis) is 1. The van der Waals surface area contributed by atoms with E-state index in [0.29, 0.717) is 24.3 Å². The summed E-state index contributed by atoms with van der Waals surface area (Å²) in [6.07, 6.45) is 7.27. The molecule has 0 radical (unpaired) electrons. The average Bonchev–Trinajstić information content (AvgIpc) is 2.81. The van der Waals surface area contributed by atoms with E-state index in [1.54, 1.807) is 43.5 Å². The number of thioether (sulfide) groups is 1. The van der Waals surface area contributed by atoms with Gasteiger partial charge in [-0.2, -0.15) is 11.8 Å². The van der Waals surface area contributed by atoms with Gasteiger partial charge in [0, 0.05) is 12.6 Å². The molecule has 0 aliphatic rings. The van der Waals surface area contributed by atoms with Crippen LogP contribution in [0.15, 0.2) is 30.8 Å². The van der Waals surface area contributed by atoms with Gasteiger partial charge in [-0.25, -0.2) is 4.79 Å². The van der Waals surface area contributed by atoms with E-state index in [0.717, 1.165) is 31.2 Å². The fourth-order valence-electron chi connectivity index (χ4n) is 3.91. The Labute approximate surface area is 228 Å². The third-order valence-corrected chi connectivity index (χ3v) is 6.23. The first-order valence-corrected chi connectivity index (χ1v) is 14.6. The van der Waals surface area contributed by atoms with Crippen molar-refractivity contribution in [2.75, 3.05) is 18.6 Å².